The zero-order chi connectivity index (χ0) is 12.1. The first kappa shape index (κ1) is 11.3. The van der Waals surface area contributed by atoms with Crippen LogP contribution in [0.2, 0.25) is 0 Å². The monoisotopic (exact) mass is 228 g/mol. The molecule has 0 aliphatic heterocycles. The van der Waals surface area contributed by atoms with Crippen molar-refractivity contribution >= 4 is 0 Å². The van der Waals surface area contributed by atoms with Crippen LogP contribution in [0, 0.1) is 18.3 Å². The second-order valence-corrected chi connectivity index (χ2v) is 3.70. The summed E-state index contributed by atoms with van der Waals surface area (Å²) in [6.07, 6.45) is 1.31. The zero-order valence-corrected chi connectivity index (χ0v) is 9.47. The molecule has 0 saturated carbocycles. The van der Waals surface area contributed by atoms with Crippen LogP contribution in [0.5, 0.6) is 0 Å². The van der Waals surface area contributed by atoms with E-state index in [9.17, 15) is 0 Å². The van der Waals surface area contributed by atoms with Crippen LogP contribution in [0.4, 0.5) is 0 Å². The van der Waals surface area contributed by atoms with Crippen molar-refractivity contribution < 1.29 is 4.52 Å². The molecule has 1 aromatic heterocycles. The SMILES string of the molecule is Cc1cc(C#N)ccc1CNCc1ncon1. The van der Waals surface area contributed by atoms with Crippen LogP contribution in [-0.2, 0) is 13.1 Å². The Balaban J connectivity index is 1.93. The summed E-state index contributed by atoms with van der Waals surface area (Å²) in [5, 5.41) is 15.7. The predicted octanol–water partition coefficient (Wildman–Crippen LogP) is 1.54. The molecule has 1 heterocycles. The molecule has 0 saturated heterocycles. The molecule has 2 aromatic rings. The highest BCUT2D eigenvalue weighted by molar-refractivity contribution is 5.37. The van der Waals surface area contributed by atoms with Gasteiger partial charge in [-0.25, -0.2) is 0 Å². The minimum Gasteiger partial charge on any atom is -0.343 e. The van der Waals surface area contributed by atoms with E-state index < -0.39 is 0 Å². The van der Waals surface area contributed by atoms with Crippen molar-refractivity contribution in [2.24, 2.45) is 0 Å². The Labute approximate surface area is 99.1 Å². The summed E-state index contributed by atoms with van der Waals surface area (Å²) in [5.74, 6) is 0.635. The van der Waals surface area contributed by atoms with Gasteiger partial charge in [-0.05, 0) is 30.2 Å². The fourth-order valence-corrected chi connectivity index (χ4v) is 1.54. The summed E-state index contributed by atoms with van der Waals surface area (Å²) in [5.41, 5.74) is 2.95. The van der Waals surface area contributed by atoms with E-state index in [1.807, 2.05) is 25.1 Å². The number of nitrogens with one attached hydrogen (secondary N) is 1. The molecule has 0 unspecified atom stereocenters. The Morgan fingerprint density at radius 3 is 2.94 bits per heavy atom. The van der Waals surface area contributed by atoms with Gasteiger partial charge in [0.05, 0.1) is 18.2 Å². The van der Waals surface area contributed by atoms with Crippen molar-refractivity contribution in [2.45, 2.75) is 20.0 Å². The lowest BCUT2D eigenvalue weighted by atomic mass is 10.1. The summed E-state index contributed by atoms with van der Waals surface area (Å²) < 4.78 is 4.63. The Kier molecular flexibility index (Phi) is 3.48. The van der Waals surface area contributed by atoms with Gasteiger partial charge in [0.15, 0.2) is 5.82 Å². The highest BCUT2D eigenvalue weighted by Crippen LogP contribution is 2.10. The van der Waals surface area contributed by atoms with Gasteiger partial charge in [0, 0.05) is 6.54 Å². The molecule has 86 valence electrons. The lowest BCUT2D eigenvalue weighted by Crippen LogP contribution is -2.14. The lowest BCUT2D eigenvalue weighted by Gasteiger charge is -2.06. The number of benzene rings is 1. The van der Waals surface area contributed by atoms with Gasteiger partial charge < -0.3 is 9.84 Å². The second-order valence-electron chi connectivity index (χ2n) is 3.70. The molecular formula is C12H12N4O. The average Bonchev–Trinajstić information content (AvgIpc) is 2.84. The number of aryl methyl sites for hydroxylation is 1. The zero-order valence-electron chi connectivity index (χ0n) is 9.47. The number of hydrogen-bond acceptors (Lipinski definition) is 5. The van der Waals surface area contributed by atoms with Gasteiger partial charge in [0.25, 0.3) is 0 Å². The van der Waals surface area contributed by atoms with Crippen LogP contribution >= 0.6 is 0 Å². The molecule has 0 amide bonds. The largest absolute Gasteiger partial charge is 0.343 e. The molecule has 5 nitrogen and oxygen atoms in total. The Bertz CT molecular complexity index is 528. The molecule has 0 radical (unpaired) electrons. The second kappa shape index (κ2) is 5.23. The minimum atomic E-state index is 0.565. The molecule has 0 spiro atoms. The van der Waals surface area contributed by atoms with E-state index in [0.29, 0.717) is 24.5 Å². The molecule has 0 atom stereocenters. The van der Waals surface area contributed by atoms with Gasteiger partial charge in [0.2, 0.25) is 6.39 Å². The molecular weight excluding hydrogens is 216 g/mol. The smallest absolute Gasteiger partial charge is 0.213 e. The van der Waals surface area contributed by atoms with Gasteiger partial charge in [0.1, 0.15) is 0 Å². The highest BCUT2D eigenvalue weighted by Gasteiger charge is 2.01. The fourth-order valence-electron chi connectivity index (χ4n) is 1.54. The maximum Gasteiger partial charge on any atom is 0.213 e. The lowest BCUT2D eigenvalue weighted by molar-refractivity contribution is 0.407. The van der Waals surface area contributed by atoms with E-state index in [0.717, 1.165) is 11.1 Å². The van der Waals surface area contributed by atoms with Gasteiger partial charge in [-0.3, -0.25) is 0 Å². The molecule has 1 aromatic carbocycles. The summed E-state index contributed by atoms with van der Waals surface area (Å²) in [6, 6.07) is 7.77. The topological polar surface area (TPSA) is 74.7 Å². The van der Waals surface area contributed by atoms with Gasteiger partial charge >= 0.3 is 0 Å². The van der Waals surface area contributed by atoms with Crippen LogP contribution in [0.1, 0.15) is 22.5 Å². The van der Waals surface area contributed by atoms with E-state index in [2.05, 4.69) is 26.0 Å². The third-order valence-corrected chi connectivity index (χ3v) is 2.48. The number of nitrogens with zero attached hydrogens (tertiary/aromatic N) is 3. The average molecular weight is 228 g/mol. The number of nitriles is 1. The number of aromatic nitrogens is 2. The molecule has 2 rings (SSSR count). The summed E-state index contributed by atoms with van der Waals surface area (Å²) >= 11 is 0. The van der Waals surface area contributed by atoms with E-state index in [4.69, 9.17) is 5.26 Å². The summed E-state index contributed by atoms with van der Waals surface area (Å²) in [4.78, 5) is 3.91. The predicted molar refractivity (Wildman–Crippen MR) is 60.7 cm³/mol. The van der Waals surface area contributed by atoms with Crippen molar-refractivity contribution in [3.63, 3.8) is 0 Å². The minimum absolute atomic E-state index is 0.565. The molecule has 5 heteroatoms. The molecule has 0 fully saturated rings. The van der Waals surface area contributed by atoms with Crippen LogP contribution < -0.4 is 5.32 Å². The molecule has 17 heavy (non-hydrogen) atoms. The van der Waals surface area contributed by atoms with Crippen molar-refractivity contribution in [1.29, 1.82) is 5.26 Å². The Morgan fingerprint density at radius 2 is 2.29 bits per heavy atom. The van der Waals surface area contributed by atoms with Crippen molar-refractivity contribution in [3.05, 3.63) is 47.1 Å². The highest BCUT2D eigenvalue weighted by atomic mass is 16.5. The first-order valence-electron chi connectivity index (χ1n) is 5.25. The van der Waals surface area contributed by atoms with Crippen LogP contribution in [-0.4, -0.2) is 10.1 Å². The van der Waals surface area contributed by atoms with Crippen molar-refractivity contribution in [3.8, 4) is 6.07 Å². The molecule has 0 aliphatic carbocycles. The number of hydrogen-bond donors (Lipinski definition) is 1. The molecule has 0 bridgehead atoms. The Morgan fingerprint density at radius 1 is 1.41 bits per heavy atom. The molecule has 1 N–H and O–H groups in total. The van der Waals surface area contributed by atoms with Crippen molar-refractivity contribution in [2.75, 3.05) is 0 Å². The van der Waals surface area contributed by atoms with Crippen LogP contribution in [0.15, 0.2) is 29.1 Å². The van der Waals surface area contributed by atoms with Crippen LogP contribution in [0.25, 0.3) is 0 Å². The summed E-state index contributed by atoms with van der Waals surface area (Å²) in [6.45, 7) is 3.27. The van der Waals surface area contributed by atoms with E-state index >= 15 is 0 Å². The van der Waals surface area contributed by atoms with E-state index in [1.54, 1.807) is 0 Å². The Hall–Kier alpha value is -2.19. The third-order valence-electron chi connectivity index (χ3n) is 2.48. The normalized spacial score (nSPS) is 10.1. The van der Waals surface area contributed by atoms with Crippen LogP contribution in [0.3, 0.4) is 0 Å². The first-order valence-corrected chi connectivity index (χ1v) is 5.25. The maximum absolute atomic E-state index is 8.76. The number of rotatable bonds is 4. The van der Waals surface area contributed by atoms with Gasteiger partial charge in [-0.2, -0.15) is 10.2 Å². The van der Waals surface area contributed by atoms with Gasteiger partial charge in [-0.15, -0.1) is 0 Å². The standard InChI is InChI=1S/C12H12N4O/c1-9-4-10(5-13)2-3-11(9)6-14-7-12-15-8-17-16-12/h2-4,8,14H,6-7H2,1H3. The quantitative estimate of drug-likeness (QED) is 0.859. The third kappa shape index (κ3) is 2.89. The molecule has 0 aliphatic rings. The van der Waals surface area contributed by atoms with Crippen molar-refractivity contribution in [1.82, 2.24) is 15.5 Å². The van der Waals surface area contributed by atoms with Gasteiger partial charge in [-0.1, -0.05) is 11.2 Å². The van der Waals surface area contributed by atoms with E-state index in [1.165, 1.54) is 6.39 Å². The maximum atomic E-state index is 8.76. The van der Waals surface area contributed by atoms with E-state index in [-0.39, 0.29) is 0 Å². The fraction of sp³-hybridized carbons (Fsp3) is 0.250. The summed E-state index contributed by atoms with van der Waals surface area (Å²) in [7, 11) is 0. The first-order chi connectivity index (χ1) is 8.29.